The Bertz CT molecular complexity index is 433. The number of hydrogen-bond donors (Lipinski definition) is 3. The van der Waals surface area contributed by atoms with Crippen LogP contribution in [-0.4, -0.2) is 24.4 Å². The molecule has 1 aliphatic rings. The van der Waals surface area contributed by atoms with E-state index >= 15 is 0 Å². The van der Waals surface area contributed by atoms with Gasteiger partial charge in [-0.2, -0.15) is 0 Å². The average molecular weight is 247 g/mol. The third kappa shape index (κ3) is 3.07. The first-order valence-corrected chi connectivity index (χ1v) is 6.04. The molecule has 2 atom stereocenters. The second-order valence-corrected chi connectivity index (χ2v) is 4.42. The molecule has 0 aromatic heterocycles. The number of rotatable bonds is 4. The number of carbonyl (C=O) groups excluding carboxylic acids is 2. The Morgan fingerprint density at radius 2 is 2.17 bits per heavy atom. The predicted octanol–water partition coefficient (Wildman–Crippen LogP) is 0.0812. The van der Waals surface area contributed by atoms with Crippen LogP contribution in [0, 0.1) is 0 Å². The van der Waals surface area contributed by atoms with Crippen molar-refractivity contribution in [1.29, 1.82) is 0 Å². The second kappa shape index (κ2) is 5.64. The lowest BCUT2D eigenvalue weighted by Crippen LogP contribution is -2.43. The smallest absolute Gasteiger partial charge is 0.242 e. The SMILES string of the molecule is NC(CNC(=O)C1CCC(=O)N1)c1ccccc1. The minimum absolute atomic E-state index is 0.0671. The van der Waals surface area contributed by atoms with E-state index in [1.165, 1.54) is 0 Å². The van der Waals surface area contributed by atoms with Crippen LogP contribution >= 0.6 is 0 Å². The van der Waals surface area contributed by atoms with E-state index in [2.05, 4.69) is 10.6 Å². The van der Waals surface area contributed by atoms with Gasteiger partial charge in [0.05, 0.1) is 0 Å². The van der Waals surface area contributed by atoms with Gasteiger partial charge >= 0.3 is 0 Å². The van der Waals surface area contributed by atoms with Crippen molar-refractivity contribution in [2.45, 2.75) is 24.9 Å². The standard InChI is InChI=1S/C13H17N3O2/c14-10(9-4-2-1-3-5-9)8-15-13(18)11-6-7-12(17)16-11/h1-5,10-11H,6-8,14H2,(H,15,18)(H,16,17). The first kappa shape index (κ1) is 12.6. The molecule has 0 bridgehead atoms. The highest BCUT2D eigenvalue weighted by molar-refractivity contribution is 5.90. The molecule has 0 radical (unpaired) electrons. The van der Waals surface area contributed by atoms with Crippen LogP contribution in [0.5, 0.6) is 0 Å². The summed E-state index contributed by atoms with van der Waals surface area (Å²) in [7, 11) is 0. The molecule has 1 fully saturated rings. The van der Waals surface area contributed by atoms with Gasteiger partial charge in [-0.25, -0.2) is 0 Å². The molecule has 4 N–H and O–H groups in total. The summed E-state index contributed by atoms with van der Waals surface area (Å²) in [5.74, 6) is -0.227. The number of nitrogens with two attached hydrogens (primary N) is 1. The molecule has 2 amide bonds. The van der Waals surface area contributed by atoms with Gasteiger partial charge in [-0.1, -0.05) is 30.3 Å². The van der Waals surface area contributed by atoms with E-state index in [1.807, 2.05) is 30.3 Å². The highest BCUT2D eigenvalue weighted by Crippen LogP contribution is 2.09. The minimum Gasteiger partial charge on any atom is -0.352 e. The van der Waals surface area contributed by atoms with Crippen molar-refractivity contribution in [3.63, 3.8) is 0 Å². The van der Waals surface area contributed by atoms with Gasteiger partial charge in [-0.05, 0) is 12.0 Å². The van der Waals surface area contributed by atoms with E-state index in [9.17, 15) is 9.59 Å². The van der Waals surface area contributed by atoms with Crippen LogP contribution < -0.4 is 16.4 Å². The summed E-state index contributed by atoms with van der Waals surface area (Å²) in [4.78, 5) is 22.7. The number of amides is 2. The van der Waals surface area contributed by atoms with Crippen LogP contribution in [0.1, 0.15) is 24.4 Å². The van der Waals surface area contributed by atoms with E-state index in [-0.39, 0.29) is 17.9 Å². The summed E-state index contributed by atoms with van der Waals surface area (Å²) in [5, 5.41) is 5.39. The topological polar surface area (TPSA) is 84.2 Å². The summed E-state index contributed by atoms with van der Waals surface area (Å²) in [6.45, 7) is 0.370. The summed E-state index contributed by atoms with van der Waals surface area (Å²) in [6, 6.07) is 8.96. The summed E-state index contributed by atoms with van der Waals surface area (Å²) in [5.41, 5.74) is 6.95. The predicted molar refractivity (Wildman–Crippen MR) is 67.5 cm³/mol. The zero-order valence-corrected chi connectivity index (χ0v) is 10.1. The van der Waals surface area contributed by atoms with E-state index in [4.69, 9.17) is 5.73 Å². The fourth-order valence-corrected chi connectivity index (χ4v) is 1.96. The largest absolute Gasteiger partial charge is 0.352 e. The van der Waals surface area contributed by atoms with Gasteiger partial charge in [-0.15, -0.1) is 0 Å². The van der Waals surface area contributed by atoms with Crippen LogP contribution in [0.4, 0.5) is 0 Å². The van der Waals surface area contributed by atoms with Gasteiger partial charge in [0, 0.05) is 19.0 Å². The van der Waals surface area contributed by atoms with E-state index < -0.39 is 6.04 Å². The molecule has 18 heavy (non-hydrogen) atoms. The highest BCUT2D eigenvalue weighted by Gasteiger charge is 2.27. The summed E-state index contributed by atoms with van der Waals surface area (Å²) >= 11 is 0. The highest BCUT2D eigenvalue weighted by atomic mass is 16.2. The molecule has 0 spiro atoms. The fraction of sp³-hybridized carbons (Fsp3) is 0.385. The average Bonchev–Trinajstić information content (AvgIpc) is 2.83. The maximum absolute atomic E-state index is 11.7. The van der Waals surface area contributed by atoms with Gasteiger partial charge in [0.25, 0.3) is 0 Å². The van der Waals surface area contributed by atoms with Gasteiger partial charge in [0.15, 0.2) is 0 Å². The van der Waals surface area contributed by atoms with Gasteiger partial charge in [0.2, 0.25) is 11.8 Å². The van der Waals surface area contributed by atoms with Crippen LogP contribution in [0.15, 0.2) is 30.3 Å². The molecule has 1 heterocycles. The molecule has 5 nitrogen and oxygen atoms in total. The van der Waals surface area contributed by atoms with Crippen LogP contribution in [-0.2, 0) is 9.59 Å². The Morgan fingerprint density at radius 1 is 1.44 bits per heavy atom. The molecule has 1 saturated heterocycles. The second-order valence-electron chi connectivity index (χ2n) is 4.42. The Kier molecular flexibility index (Phi) is 3.94. The molecule has 2 rings (SSSR count). The number of benzene rings is 1. The third-order valence-electron chi connectivity index (χ3n) is 3.04. The lowest BCUT2D eigenvalue weighted by Gasteiger charge is -2.15. The van der Waals surface area contributed by atoms with Gasteiger partial charge in [-0.3, -0.25) is 9.59 Å². The molecule has 1 aromatic rings. The van der Waals surface area contributed by atoms with Crippen molar-refractivity contribution in [2.24, 2.45) is 5.73 Å². The Labute approximate surface area is 106 Å². The fourth-order valence-electron chi connectivity index (χ4n) is 1.96. The molecule has 0 saturated carbocycles. The molecule has 96 valence electrons. The maximum Gasteiger partial charge on any atom is 0.242 e. The van der Waals surface area contributed by atoms with Gasteiger partial charge < -0.3 is 16.4 Å². The Balaban J connectivity index is 1.81. The first-order chi connectivity index (χ1) is 8.66. The van der Waals surface area contributed by atoms with Crippen molar-refractivity contribution in [3.05, 3.63) is 35.9 Å². The van der Waals surface area contributed by atoms with Crippen LogP contribution in [0.2, 0.25) is 0 Å². The quantitative estimate of drug-likeness (QED) is 0.704. The normalized spacial score (nSPS) is 20.3. The minimum atomic E-state index is -0.402. The zero-order chi connectivity index (χ0) is 13.0. The molecule has 1 aliphatic heterocycles. The Morgan fingerprint density at radius 3 is 2.78 bits per heavy atom. The van der Waals surface area contributed by atoms with Crippen LogP contribution in [0.25, 0.3) is 0 Å². The van der Waals surface area contributed by atoms with E-state index in [0.29, 0.717) is 19.4 Å². The maximum atomic E-state index is 11.7. The summed E-state index contributed by atoms with van der Waals surface area (Å²) < 4.78 is 0. The third-order valence-corrected chi connectivity index (χ3v) is 3.04. The van der Waals surface area contributed by atoms with Crippen molar-refractivity contribution < 1.29 is 9.59 Å². The van der Waals surface area contributed by atoms with Crippen molar-refractivity contribution in [1.82, 2.24) is 10.6 Å². The molecule has 2 unspecified atom stereocenters. The molecule has 0 aliphatic carbocycles. The van der Waals surface area contributed by atoms with Gasteiger partial charge in [0.1, 0.15) is 6.04 Å². The van der Waals surface area contributed by atoms with Crippen LogP contribution in [0.3, 0.4) is 0 Å². The summed E-state index contributed by atoms with van der Waals surface area (Å²) in [6.07, 6.45) is 0.980. The first-order valence-electron chi connectivity index (χ1n) is 6.04. The Hall–Kier alpha value is -1.88. The van der Waals surface area contributed by atoms with Crippen molar-refractivity contribution in [2.75, 3.05) is 6.54 Å². The van der Waals surface area contributed by atoms with E-state index in [0.717, 1.165) is 5.56 Å². The zero-order valence-electron chi connectivity index (χ0n) is 10.1. The molecular weight excluding hydrogens is 230 g/mol. The molecule has 5 heteroatoms. The van der Waals surface area contributed by atoms with E-state index in [1.54, 1.807) is 0 Å². The number of hydrogen-bond acceptors (Lipinski definition) is 3. The lowest BCUT2D eigenvalue weighted by molar-refractivity contribution is -0.125. The number of nitrogens with one attached hydrogen (secondary N) is 2. The lowest BCUT2D eigenvalue weighted by atomic mass is 10.1. The molecular formula is C13H17N3O2. The number of carbonyl (C=O) groups is 2. The molecule has 1 aromatic carbocycles. The monoisotopic (exact) mass is 247 g/mol. The van der Waals surface area contributed by atoms with Crippen molar-refractivity contribution in [3.8, 4) is 0 Å². The van der Waals surface area contributed by atoms with Crippen molar-refractivity contribution >= 4 is 11.8 Å².